The molecule has 39 heavy (non-hydrogen) atoms. The summed E-state index contributed by atoms with van der Waals surface area (Å²) in [4.78, 5) is 41.6. The first-order valence-corrected chi connectivity index (χ1v) is 13.2. The van der Waals surface area contributed by atoms with E-state index in [9.17, 15) is 14.4 Å². The molecule has 1 atom stereocenters. The zero-order valence-corrected chi connectivity index (χ0v) is 22.0. The average molecular weight is 530 g/mol. The summed E-state index contributed by atoms with van der Waals surface area (Å²) in [6.45, 7) is 3.61. The lowest BCUT2D eigenvalue weighted by molar-refractivity contribution is -0.127. The van der Waals surface area contributed by atoms with E-state index in [-0.39, 0.29) is 25.1 Å². The number of hydrogen-bond donors (Lipinski definition) is 1. The van der Waals surface area contributed by atoms with Gasteiger partial charge in [0.25, 0.3) is 5.91 Å². The summed E-state index contributed by atoms with van der Waals surface area (Å²) in [7, 11) is 0. The zero-order valence-electron chi connectivity index (χ0n) is 22.0. The number of aryl methyl sites for hydroxylation is 1. The van der Waals surface area contributed by atoms with E-state index < -0.39 is 17.9 Å². The Hall–Kier alpha value is -4.47. The molecule has 1 aliphatic rings. The molecule has 0 spiro atoms. The molecule has 2 aromatic carbocycles. The molecule has 2 heterocycles. The number of furan rings is 1. The van der Waals surface area contributed by atoms with Crippen LogP contribution in [0.25, 0.3) is 11.0 Å². The minimum absolute atomic E-state index is 0.0402. The number of carbonyl (C=O) groups is 3. The van der Waals surface area contributed by atoms with Crippen LogP contribution in [0.5, 0.6) is 0 Å². The van der Waals surface area contributed by atoms with Crippen LogP contribution in [0.4, 0.5) is 5.69 Å². The van der Waals surface area contributed by atoms with Crippen LogP contribution >= 0.6 is 0 Å². The van der Waals surface area contributed by atoms with Crippen molar-refractivity contribution in [2.24, 2.45) is 0 Å². The Morgan fingerprint density at radius 3 is 2.51 bits per heavy atom. The topological polar surface area (TPSA) is 120 Å². The third kappa shape index (κ3) is 5.69. The molecule has 0 bridgehead atoms. The van der Waals surface area contributed by atoms with Crippen molar-refractivity contribution in [2.45, 2.75) is 58.2 Å². The van der Waals surface area contributed by atoms with Crippen LogP contribution in [0.15, 0.2) is 65.1 Å². The number of amides is 2. The first kappa shape index (κ1) is 26.1. The van der Waals surface area contributed by atoms with E-state index in [1.165, 1.54) is 9.58 Å². The predicted octanol–water partition coefficient (Wildman–Crippen LogP) is 4.34. The van der Waals surface area contributed by atoms with Crippen molar-refractivity contribution in [2.75, 3.05) is 11.5 Å². The van der Waals surface area contributed by atoms with Gasteiger partial charge in [-0.3, -0.25) is 14.5 Å². The van der Waals surface area contributed by atoms with Crippen molar-refractivity contribution >= 4 is 34.5 Å². The molecule has 2 amide bonds. The molecule has 1 aliphatic carbocycles. The molecule has 0 aliphatic heterocycles. The van der Waals surface area contributed by atoms with Gasteiger partial charge in [-0.2, -0.15) is 0 Å². The van der Waals surface area contributed by atoms with E-state index in [1.807, 2.05) is 24.3 Å². The summed E-state index contributed by atoms with van der Waals surface area (Å²) in [6, 6.07) is 16.2. The van der Waals surface area contributed by atoms with Crippen molar-refractivity contribution in [3.63, 3.8) is 0 Å². The highest BCUT2D eigenvalue weighted by molar-refractivity contribution is 6.01. The highest BCUT2D eigenvalue weighted by Gasteiger charge is 2.37. The lowest BCUT2D eigenvalue weighted by atomic mass is 10.1. The fraction of sp³-hybridized carbons (Fsp3) is 0.345. The van der Waals surface area contributed by atoms with Crippen LogP contribution in [0.2, 0.25) is 0 Å². The van der Waals surface area contributed by atoms with Gasteiger partial charge < -0.3 is 14.5 Å². The quantitative estimate of drug-likeness (QED) is 0.320. The number of aromatic nitrogens is 3. The van der Waals surface area contributed by atoms with Gasteiger partial charge in [0.1, 0.15) is 23.6 Å². The van der Waals surface area contributed by atoms with Gasteiger partial charge in [0, 0.05) is 11.7 Å². The largest absolute Gasteiger partial charge is 0.464 e. The van der Waals surface area contributed by atoms with Crippen molar-refractivity contribution < 1.29 is 23.5 Å². The molecule has 0 saturated heterocycles. The Morgan fingerprint density at radius 2 is 1.82 bits per heavy atom. The fourth-order valence-electron chi connectivity index (χ4n) is 4.97. The zero-order chi connectivity index (χ0) is 27.4. The second-order valence-electron chi connectivity index (χ2n) is 9.61. The maximum Gasteiger partial charge on any atom is 0.338 e. The van der Waals surface area contributed by atoms with E-state index in [2.05, 4.69) is 15.6 Å². The molecular formula is C29H31N5O5. The van der Waals surface area contributed by atoms with Crippen LogP contribution in [0, 0.1) is 6.92 Å². The van der Waals surface area contributed by atoms with Gasteiger partial charge in [-0.05, 0) is 75.2 Å². The fourth-order valence-corrected chi connectivity index (χ4v) is 4.97. The van der Waals surface area contributed by atoms with E-state index in [4.69, 9.17) is 9.15 Å². The molecule has 1 unspecified atom stereocenters. The minimum Gasteiger partial charge on any atom is -0.464 e. The summed E-state index contributed by atoms with van der Waals surface area (Å²) in [6.07, 6.45) is 3.88. The Labute approximate surface area is 225 Å². The lowest BCUT2D eigenvalue weighted by Crippen LogP contribution is -2.47. The third-order valence-corrected chi connectivity index (χ3v) is 6.87. The smallest absolute Gasteiger partial charge is 0.338 e. The lowest BCUT2D eigenvalue weighted by Gasteiger charge is -2.31. The van der Waals surface area contributed by atoms with Crippen LogP contribution in [-0.4, -0.2) is 45.4 Å². The summed E-state index contributed by atoms with van der Waals surface area (Å²) in [5.74, 6) is -0.226. The molecule has 202 valence electrons. The molecule has 10 nitrogen and oxygen atoms in total. The molecule has 1 saturated carbocycles. The first-order valence-electron chi connectivity index (χ1n) is 13.2. The van der Waals surface area contributed by atoms with Gasteiger partial charge in [-0.1, -0.05) is 30.2 Å². The molecule has 4 aromatic rings. The summed E-state index contributed by atoms with van der Waals surface area (Å²) in [5.41, 5.74) is 2.13. The Kier molecular flexibility index (Phi) is 7.72. The first-order chi connectivity index (χ1) is 18.9. The number of nitrogens with one attached hydrogen (secondary N) is 1. The monoisotopic (exact) mass is 529 g/mol. The van der Waals surface area contributed by atoms with Crippen molar-refractivity contribution in [1.82, 2.24) is 20.3 Å². The SMILES string of the molecule is CCOC(=O)c1ccc(N(C(=O)Cn2nnc3ccccc32)C(C(=O)NC2CCCC2)c2ccc(C)o2)cc1. The minimum atomic E-state index is -1.07. The van der Waals surface area contributed by atoms with Crippen LogP contribution in [-0.2, 0) is 20.9 Å². The molecule has 0 radical (unpaired) electrons. The number of rotatable bonds is 9. The molecule has 1 fully saturated rings. The van der Waals surface area contributed by atoms with E-state index >= 15 is 0 Å². The van der Waals surface area contributed by atoms with Crippen LogP contribution in [0.3, 0.4) is 0 Å². The number of ether oxygens (including phenoxy) is 1. The number of esters is 1. The molecule has 2 aromatic heterocycles. The van der Waals surface area contributed by atoms with Gasteiger partial charge >= 0.3 is 5.97 Å². The second kappa shape index (κ2) is 11.5. The summed E-state index contributed by atoms with van der Waals surface area (Å²) in [5, 5.41) is 11.4. The number of fused-ring (bicyclic) bond motifs is 1. The maximum atomic E-state index is 14.1. The summed E-state index contributed by atoms with van der Waals surface area (Å²) >= 11 is 0. The standard InChI is InChI=1S/C29H31N5O5/c1-3-38-29(37)20-13-15-22(16-14-20)34(26(35)18-33-24-11-7-6-10-23(24)31-32-33)27(25-17-12-19(2)39-25)28(36)30-21-8-4-5-9-21/h6-7,10-17,21,27H,3-5,8-9,18H2,1-2H3,(H,30,36). The van der Waals surface area contributed by atoms with Gasteiger partial charge in [0.2, 0.25) is 5.91 Å². The van der Waals surface area contributed by atoms with Gasteiger partial charge in [0.15, 0.2) is 6.04 Å². The number of carbonyl (C=O) groups excluding carboxylic acids is 3. The van der Waals surface area contributed by atoms with Crippen molar-refractivity contribution in [3.8, 4) is 0 Å². The van der Waals surface area contributed by atoms with Crippen molar-refractivity contribution in [1.29, 1.82) is 0 Å². The van der Waals surface area contributed by atoms with E-state index in [0.717, 1.165) is 25.7 Å². The second-order valence-corrected chi connectivity index (χ2v) is 9.61. The number of hydrogen-bond acceptors (Lipinski definition) is 7. The van der Waals surface area contributed by atoms with Crippen molar-refractivity contribution in [3.05, 3.63) is 77.7 Å². The third-order valence-electron chi connectivity index (χ3n) is 6.87. The molecule has 1 N–H and O–H groups in total. The van der Waals surface area contributed by atoms with E-state index in [0.29, 0.717) is 33.8 Å². The molecule has 5 rings (SSSR count). The maximum absolute atomic E-state index is 14.1. The molecular weight excluding hydrogens is 498 g/mol. The number of para-hydroxylation sites is 1. The van der Waals surface area contributed by atoms with Gasteiger partial charge in [-0.25, -0.2) is 9.48 Å². The number of nitrogens with zero attached hydrogens (tertiary/aromatic N) is 4. The average Bonchev–Trinajstić information content (AvgIpc) is 3.70. The van der Waals surface area contributed by atoms with E-state index in [1.54, 1.807) is 50.2 Å². The number of anilines is 1. The van der Waals surface area contributed by atoms with Gasteiger partial charge in [-0.15, -0.1) is 5.10 Å². The Balaban J connectivity index is 1.55. The highest BCUT2D eigenvalue weighted by Crippen LogP contribution is 2.31. The highest BCUT2D eigenvalue weighted by atomic mass is 16.5. The summed E-state index contributed by atoms with van der Waals surface area (Å²) < 4.78 is 12.5. The van der Waals surface area contributed by atoms with Gasteiger partial charge in [0.05, 0.1) is 17.7 Å². The van der Waals surface area contributed by atoms with Crippen LogP contribution < -0.4 is 10.2 Å². The van der Waals surface area contributed by atoms with Crippen LogP contribution in [0.1, 0.15) is 60.5 Å². The normalized spacial score (nSPS) is 14.3. The predicted molar refractivity (Wildman–Crippen MR) is 144 cm³/mol. The Bertz CT molecular complexity index is 1470. The Morgan fingerprint density at radius 1 is 1.08 bits per heavy atom. The molecule has 10 heteroatoms. The number of benzene rings is 2.